The summed E-state index contributed by atoms with van der Waals surface area (Å²) in [6.45, 7) is 2.14. The molecule has 144 valence electrons. The van der Waals surface area contributed by atoms with E-state index in [1.807, 2.05) is 30.3 Å². The summed E-state index contributed by atoms with van der Waals surface area (Å²) in [5, 5.41) is 5.18. The molecule has 1 saturated carbocycles. The summed E-state index contributed by atoms with van der Waals surface area (Å²) in [4.78, 5) is 18.1. The van der Waals surface area contributed by atoms with Gasteiger partial charge >= 0.3 is 0 Å². The Hall–Kier alpha value is -2.27. The fourth-order valence-electron chi connectivity index (χ4n) is 3.87. The number of benzene rings is 2. The van der Waals surface area contributed by atoms with Crippen LogP contribution in [-0.4, -0.2) is 15.9 Å². The third-order valence-corrected chi connectivity index (χ3v) is 6.01. The lowest BCUT2D eigenvalue weighted by molar-refractivity contribution is 0.416. The van der Waals surface area contributed by atoms with Crippen molar-refractivity contribution in [3.05, 3.63) is 74.2 Å². The minimum atomic E-state index is -0.103. The van der Waals surface area contributed by atoms with E-state index in [0.717, 1.165) is 40.6 Å². The van der Waals surface area contributed by atoms with Crippen LogP contribution in [0.4, 0.5) is 0 Å². The van der Waals surface area contributed by atoms with Crippen LogP contribution in [0.5, 0.6) is 0 Å². The maximum atomic E-state index is 13.3. The van der Waals surface area contributed by atoms with E-state index in [1.54, 1.807) is 6.21 Å². The molecule has 28 heavy (non-hydrogen) atoms. The van der Waals surface area contributed by atoms with Gasteiger partial charge in [0.1, 0.15) is 5.82 Å². The van der Waals surface area contributed by atoms with Gasteiger partial charge in [0.05, 0.1) is 17.1 Å². The molecular formula is C23H24BrN3O. The van der Waals surface area contributed by atoms with Gasteiger partial charge in [0.2, 0.25) is 0 Å². The summed E-state index contributed by atoms with van der Waals surface area (Å²) >= 11 is 3.46. The van der Waals surface area contributed by atoms with Crippen molar-refractivity contribution < 1.29 is 0 Å². The van der Waals surface area contributed by atoms with Crippen molar-refractivity contribution in [1.82, 2.24) is 9.66 Å². The number of nitrogens with zero attached hydrogens (tertiary/aromatic N) is 3. The normalized spacial score (nSPS) is 15.5. The maximum Gasteiger partial charge on any atom is 0.282 e. The predicted molar refractivity (Wildman–Crippen MR) is 118 cm³/mol. The Balaban J connectivity index is 1.82. The zero-order chi connectivity index (χ0) is 19.5. The molecule has 1 fully saturated rings. The number of hydrogen-bond donors (Lipinski definition) is 0. The van der Waals surface area contributed by atoms with Crippen LogP contribution in [0.15, 0.2) is 56.8 Å². The SMILES string of the molecule is CCc1ccc(C=Nn2c(C3CCCCC3)nc3ccc(Br)cc3c2=O)cc1. The number of halogens is 1. The number of fused-ring (bicyclic) bond motifs is 1. The zero-order valence-corrected chi connectivity index (χ0v) is 17.7. The zero-order valence-electron chi connectivity index (χ0n) is 16.1. The quantitative estimate of drug-likeness (QED) is 0.494. The largest absolute Gasteiger partial charge is 0.282 e. The highest BCUT2D eigenvalue weighted by Crippen LogP contribution is 2.32. The lowest BCUT2D eigenvalue weighted by Gasteiger charge is -2.22. The van der Waals surface area contributed by atoms with Crippen molar-refractivity contribution in [3.8, 4) is 0 Å². The van der Waals surface area contributed by atoms with Crippen LogP contribution in [0.3, 0.4) is 0 Å². The Labute approximate surface area is 173 Å². The van der Waals surface area contributed by atoms with E-state index in [9.17, 15) is 4.79 Å². The highest BCUT2D eigenvalue weighted by molar-refractivity contribution is 9.10. The molecule has 1 aliphatic rings. The Morgan fingerprint density at radius 2 is 1.89 bits per heavy atom. The summed E-state index contributed by atoms with van der Waals surface area (Å²) in [5.41, 5.74) is 2.91. The molecule has 0 spiro atoms. The van der Waals surface area contributed by atoms with Gasteiger partial charge in [0, 0.05) is 10.4 Å². The molecule has 0 N–H and O–H groups in total. The average Bonchev–Trinajstić information content (AvgIpc) is 2.74. The van der Waals surface area contributed by atoms with Crippen LogP contribution in [0.25, 0.3) is 10.9 Å². The Kier molecular flexibility index (Phi) is 5.72. The van der Waals surface area contributed by atoms with E-state index in [4.69, 9.17) is 4.98 Å². The molecule has 1 heterocycles. The first-order valence-electron chi connectivity index (χ1n) is 10.0. The van der Waals surface area contributed by atoms with Crippen molar-refractivity contribution >= 4 is 33.0 Å². The molecular weight excluding hydrogens is 414 g/mol. The standard InChI is InChI=1S/C23H24BrN3O/c1-2-16-8-10-17(11-9-16)15-25-27-22(18-6-4-3-5-7-18)26-21-13-12-19(24)14-20(21)23(27)28/h8-15,18H,2-7H2,1H3. The lowest BCUT2D eigenvalue weighted by atomic mass is 9.88. The van der Waals surface area contributed by atoms with Crippen molar-refractivity contribution in [2.24, 2.45) is 5.10 Å². The Morgan fingerprint density at radius 3 is 2.61 bits per heavy atom. The minimum Gasteiger partial charge on any atom is -0.267 e. The van der Waals surface area contributed by atoms with Gasteiger partial charge in [-0.3, -0.25) is 4.79 Å². The molecule has 4 rings (SSSR count). The fraction of sp³-hybridized carbons (Fsp3) is 0.348. The summed E-state index contributed by atoms with van der Waals surface area (Å²) < 4.78 is 2.40. The Morgan fingerprint density at radius 1 is 1.14 bits per heavy atom. The molecule has 0 aliphatic heterocycles. The smallest absolute Gasteiger partial charge is 0.267 e. The predicted octanol–water partition coefficient (Wildman–Crippen LogP) is 5.65. The molecule has 5 heteroatoms. The molecule has 3 aromatic rings. The van der Waals surface area contributed by atoms with E-state index in [2.05, 4.69) is 40.1 Å². The molecule has 0 unspecified atom stereocenters. The molecule has 0 saturated heterocycles. The van der Waals surface area contributed by atoms with Gasteiger partial charge in [-0.2, -0.15) is 9.78 Å². The second-order valence-electron chi connectivity index (χ2n) is 7.42. The van der Waals surface area contributed by atoms with Crippen LogP contribution in [0.2, 0.25) is 0 Å². The third kappa shape index (κ3) is 3.95. The number of aryl methyl sites for hydroxylation is 1. The van der Waals surface area contributed by atoms with Crippen LogP contribution in [-0.2, 0) is 6.42 Å². The lowest BCUT2D eigenvalue weighted by Crippen LogP contribution is -2.25. The number of aromatic nitrogens is 2. The minimum absolute atomic E-state index is 0.103. The molecule has 2 aromatic carbocycles. The second kappa shape index (κ2) is 8.39. The maximum absolute atomic E-state index is 13.3. The average molecular weight is 438 g/mol. The molecule has 1 aliphatic carbocycles. The van der Waals surface area contributed by atoms with Crippen LogP contribution in [0, 0.1) is 0 Å². The Bertz CT molecular complexity index is 1060. The second-order valence-corrected chi connectivity index (χ2v) is 8.34. The first kappa shape index (κ1) is 19.1. The summed E-state index contributed by atoms with van der Waals surface area (Å²) in [6.07, 6.45) is 8.52. The van der Waals surface area contributed by atoms with Crippen molar-refractivity contribution in [2.45, 2.75) is 51.4 Å². The summed E-state index contributed by atoms with van der Waals surface area (Å²) in [5.74, 6) is 1.08. The van der Waals surface area contributed by atoms with Gasteiger partial charge in [-0.1, -0.05) is 66.4 Å². The highest BCUT2D eigenvalue weighted by Gasteiger charge is 2.22. The van der Waals surface area contributed by atoms with E-state index in [-0.39, 0.29) is 11.5 Å². The fourth-order valence-corrected chi connectivity index (χ4v) is 4.23. The van der Waals surface area contributed by atoms with E-state index in [1.165, 1.54) is 29.5 Å². The van der Waals surface area contributed by atoms with Gasteiger partial charge in [-0.25, -0.2) is 4.98 Å². The van der Waals surface area contributed by atoms with Crippen LogP contribution >= 0.6 is 15.9 Å². The molecule has 1 aromatic heterocycles. The number of hydrogen-bond acceptors (Lipinski definition) is 3. The molecule has 0 bridgehead atoms. The van der Waals surface area contributed by atoms with E-state index in [0.29, 0.717) is 5.39 Å². The van der Waals surface area contributed by atoms with Crippen molar-refractivity contribution in [3.63, 3.8) is 0 Å². The molecule has 0 amide bonds. The molecule has 0 radical (unpaired) electrons. The molecule has 0 atom stereocenters. The first-order chi connectivity index (χ1) is 13.7. The van der Waals surface area contributed by atoms with Gasteiger partial charge in [-0.15, -0.1) is 0 Å². The van der Waals surface area contributed by atoms with E-state index >= 15 is 0 Å². The monoisotopic (exact) mass is 437 g/mol. The number of rotatable bonds is 4. The van der Waals surface area contributed by atoms with Gasteiger partial charge in [-0.05, 0) is 48.6 Å². The van der Waals surface area contributed by atoms with Gasteiger partial charge in [0.25, 0.3) is 5.56 Å². The van der Waals surface area contributed by atoms with Crippen LogP contribution in [0.1, 0.15) is 61.9 Å². The van der Waals surface area contributed by atoms with E-state index < -0.39 is 0 Å². The summed E-state index contributed by atoms with van der Waals surface area (Å²) in [7, 11) is 0. The topological polar surface area (TPSA) is 47.2 Å². The first-order valence-corrected chi connectivity index (χ1v) is 10.8. The van der Waals surface area contributed by atoms with Crippen LogP contribution < -0.4 is 5.56 Å². The molecule has 4 nitrogen and oxygen atoms in total. The van der Waals surface area contributed by atoms with Crippen molar-refractivity contribution in [1.29, 1.82) is 0 Å². The van der Waals surface area contributed by atoms with Gasteiger partial charge in [0.15, 0.2) is 0 Å². The van der Waals surface area contributed by atoms with Crippen molar-refractivity contribution in [2.75, 3.05) is 0 Å². The van der Waals surface area contributed by atoms with Gasteiger partial charge < -0.3 is 0 Å². The third-order valence-electron chi connectivity index (χ3n) is 5.51. The highest BCUT2D eigenvalue weighted by atomic mass is 79.9. The summed E-state index contributed by atoms with van der Waals surface area (Å²) in [6, 6.07) is 14.0.